The lowest BCUT2D eigenvalue weighted by atomic mass is 9.82. The van der Waals surface area contributed by atoms with Crippen molar-refractivity contribution in [2.75, 3.05) is 7.11 Å². The Hall–Kier alpha value is -1.91. The minimum absolute atomic E-state index is 0.384. The summed E-state index contributed by atoms with van der Waals surface area (Å²) >= 11 is 0. The van der Waals surface area contributed by atoms with Gasteiger partial charge in [-0.2, -0.15) is 0 Å². The number of nitrogens with zero attached hydrogens (tertiary/aromatic N) is 1. The summed E-state index contributed by atoms with van der Waals surface area (Å²) in [5.41, 5.74) is -0.435. The molecule has 0 aliphatic carbocycles. The zero-order valence-corrected chi connectivity index (χ0v) is 10.1. The summed E-state index contributed by atoms with van der Waals surface area (Å²) in [6.45, 7) is 3.31. The number of hydrogen-bond acceptors (Lipinski definition) is 4. The molecule has 17 heavy (non-hydrogen) atoms. The van der Waals surface area contributed by atoms with Gasteiger partial charge in [0, 0.05) is 6.07 Å². The van der Waals surface area contributed by atoms with Gasteiger partial charge in [-0.15, -0.1) is 0 Å². The molecule has 0 saturated carbocycles. The Morgan fingerprint density at radius 3 is 2.59 bits per heavy atom. The Kier molecular flexibility index (Phi) is 3.83. The molecule has 1 aromatic rings. The van der Waals surface area contributed by atoms with Gasteiger partial charge >= 0.3 is 5.97 Å². The van der Waals surface area contributed by atoms with Crippen molar-refractivity contribution in [1.29, 1.82) is 0 Å². The molecule has 0 bridgehead atoms. The van der Waals surface area contributed by atoms with Crippen molar-refractivity contribution >= 4 is 11.8 Å². The molecule has 0 saturated heterocycles. The van der Waals surface area contributed by atoms with Gasteiger partial charge < -0.3 is 9.84 Å². The number of aliphatic carboxylic acids is 1. The van der Waals surface area contributed by atoms with Gasteiger partial charge in [0.05, 0.1) is 18.2 Å². The van der Waals surface area contributed by atoms with E-state index >= 15 is 0 Å². The highest BCUT2D eigenvalue weighted by molar-refractivity contribution is 6.00. The molecule has 0 radical (unpaired) electrons. The lowest BCUT2D eigenvalue weighted by Crippen LogP contribution is -2.31. The lowest BCUT2D eigenvalue weighted by Gasteiger charge is -2.21. The van der Waals surface area contributed by atoms with Crippen molar-refractivity contribution in [3.63, 3.8) is 0 Å². The van der Waals surface area contributed by atoms with E-state index in [1.807, 2.05) is 0 Å². The maximum absolute atomic E-state index is 11.8. The molecular weight excluding hydrogens is 222 g/mol. The van der Waals surface area contributed by atoms with E-state index in [4.69, 9.17) is 9.84 Å². The first-order chi connectivity index (χ1) is 7.87. The Bertz CT molecular complexity index is 440. The fourth-order valence-corrected chi connectivity index (χ4v) is 1.38. The first-order valence-electron chi connectivity index (χ1n) is 5.14. The van der Waals surface area contributed by atoms with E-state index in [9.17, 15) is 9.59 Å². The molecule has 0 unspecified atom stereocenters. The molecule has 0 atom stereocenters. The van der Waals surface area contributed by atoms with E-state index in [1.54, 1.807) is 32.0 Å². The summed E-state index contributed by atoms with van der Waals surface area (Å²) in [5.74, 6) is -1.12. The van der Waals surface area contributed by atoms with E-state index in [-0.39, 0.29) is 5.78 Å². The Morgan fingerprint density at radius 1 is 1.41 bits per heavy atom. The third kappa shape index (κ3) is 3.03. The number of carbonyl (C=O) groups excluding carboxylic acids is 1. The predicted octanol–water partition coefficient (Wildman–Crippen LogP) is 1.41. The summed E-state index contributed by atoms with van der Waals surface area (Å²) in [6.07, 6.45) is -0.508. The number of carboxylic acid groups (broad SMARTS) is 1. The highest BCUT2D eigenvalue weighted by Crippen LogP contribution is 2.25. The Morgan fingerprint density at radius 2 is 2.06 bits per heavy atom. The van der Waals surface area contributed by atoms with Gasteiger partial charge in [-0.3, -0.25) is 9.59 Å². The molecule has 0 fully saturated rings. The van der Waals surface area contributed by atoms with E-state index in [0.717, 1.165) is 0 Å². The third-order valence-corrected chi connectivity index (χ3v) is 2.58. The van der Waals surface area contributed by atoms with Crippen LogP contribution in [-0.4, -0.2) is 29.0 Å². The number of rotatable bonds is 5. The maximum atomic E-state index is 11.8. The van der Waals surface area contributed by atoms with Gasteiger partial charge in [0.1, 0.15) is 6.42 Å². The summed E-state index contributed by atoms with van der Waals surface area (Å²) in [7, 11) is 1.48. The van der Waals surface area contributed by atoms with E-state index in [1.165, 1.54) is 7.11 Å². The van der Waals surface area contributed by atoms with Crippen LogP contribution in [0, 0.1) is 0 Å². The van der Waals surface area contributed by atoms with Crippen LogP contribution in [0.4, 0.5) is 0 Å². The second kappa shape index (κ2) is 4.95. The Balaban J connectivity index is 3.02. The van der Waals surface area contributed by atoms with E-state index in [2.05, 4.69) is 4.98 Å². The van der Waals surface area contributed by atoms with Crippen molar-refractivity contribution < 1.29 is 19.4 Å². The van der Waals surface area contributed by atoms with Crippen LogP contribution in [0.3, 0.4) is 0 Å². The molecule has 1 heterocycles. The number of carbonyl (C=O) groups is 2. The maximum Gasteiger partial charge on any atom is 0.310 e. The first kappa shape index (κ1) is 13.2. The first-order valence-corrected chi connectivity index (χ1v) is 5.14. The smallest absolute Gasteiger partial charge is 0.310 e. The fraction of sp³-hybridized carbons (Fsp3) is 0.417. The van der Waals surface area contributed by atoms with Crippen LogP contribution < -0.4 is 4.74 Å². The molecule has 1 N–H and O–H groups in total. The van der Waals surface area contributed by atoms with Crippen molar-refractivity contribution in [2.24, 2.45) is 0 Å². The summed E-state index contributed by atoms with van der Waals surface area (Å²) in [5, 5.41) is 8.63. The molecule has 0 aliphatic rings. The monoisotopic (exact) mass is 237 g/mol. The summed E-state index contributed by atoms with van der Waals surface area (Å²) < 4.78 is 4.97. The molecule has 0 spiro atoms. The molecule has 1 aromatic heterocycles. The normalized spacial score (nSPS) is 11.0. The number of carboxylic acids is 1. The van der Waals surface area contributed by atoms with Gasteiger partial charge in [0.2, 0.25) is 5.88 Å². The average Bonchev–Trinajstić information content (AvgIpc) is 2.28. The van der Waals surface area contributed by atoms with Gasteiger partial charge in [0.15, 0.2) is 5.78 Å². The van der Waals surface area contributed by atoms with Crippen molar-refractivity contribution in [1.82, 2.24) is 4.98 Å². The SMILES string of the molecule is COc1cccc(C(C)(C)C(=O)CC(=O)O)n1. The number of aromatic nitrogens is 1. The van der Waals surface area contributed by atoms with Crippen LogP contribution in [0.15, 0.2) is 18.2 Å². The van der Waals surface area contributed by atoms with Gasteiger partial charge in [-0.1, -0.05) is 6.07 Å². The molecule has 1 rings (SSSR count). The largest absolute Gasteiger partial charge is 0.481 e. The Labute approximate surface area is 99.4 Å². The summed E-state index contributed by atoms with van der Waals surface area (Å²) in [4.78, 5) is 26.5. The second-order valence-electron chi connectivity index (χ2n) is 4.18. The number of ketones is 1. The molecular formula is C12H15NO4. The van der Waals surface area contributed by atoms with Crippen LogP contribution >= 0.6 is 0 Å². The fourth-order valence-electron chi connectivity index (χ4n) is 1.38. The number of Topliss-reactive ketones (excluding diaryl/α,β-unsaturated/α-hetero) is 1. The quantitative estimate of drug-likeness (QED) is 0.783. The van der Waals surface area contributed by atoms with Gasteiger partial charge in [-0.05, 0) is 19.9 Å². The van der Waals surface area contributed by atoms with Crippen molar-refractivity contribution in [2.45, 2.75) is 25.7 Å². The standard InChI is InChI=1S/C12H15NO4/c1-12(2,9(14)7-11(15)16)8-5-4-6-10(13-8)17-3/h4-6H,7H2,1-3H3,(H,15,16). The average molecular weight is 237 g/mol. The van der Waals surface area contributed by atoms with Gasteiger partial charge in [0.25, 0.3) is 0 Å². The molecule has 92 valence electrons. The van der Waals surface area contributed by atoms with Crippen molar-refractivity contribution in [3.05, 3.63) is 23.9 Å². The minimum Gasteiger partial charge on any atom is -0.481 e. The number of hydrogen-bond donors (Lipinski definition) is 1. The van der Waals surface area contributed by atoms with Gasteiger partial charge in [-0.25, -0.2) is 4.98 Å². The molecule has 5 heteroatoms. The number of methoxy groups -OCH3 is 1. The van der Waals surface area contributed by atoms with Crippen LogP contribution in [0.5, 0.6) is 5.88 Å². The van der Waals surface area contributed by atoms with E-state index < -0.39 is 17.8 Å². The zero-order chi connectivity index (χ0) is 13.1. The predicted molar refractivity (Wildman–Crippen MR) is 61.1 cm³/mol. The zero-order valence-electron chi connectivity index (χ0n) is 10.1. The van der Waals surface area contributed by atoms with Crippen LogP contribution in [0.25, 0.3) is 0 Å². The van der Waals surface area contributed by atoms with Crippen LogP contribution in [0.2, 0.25) is 0 Å². The topological polar surface area (TPSA) is 76.5 Å². The summed E-state index contributed by atoms with van der Waals surface area (Å²) in [6, 6.07) is 5.07. The molecule has 0 aliphatic heterocycles. The third-order valence-electron chi connectivity index (χ3n) is 2.58. The lowest BCUT2D eigenvalue weighted by molar-refractivity contribution is -0.141. The molecule has 0 aromatic carbocycles. The number of ether oxygens (including phenoxy) is 1. The van der Waals surface area contributed by atoms with Crippen molar-refractivity contribution in [3.8, 4) is 5.88 Å². The highest BCUT2D eigenvalue weighted by Gasteiger charge is 2.32. The number of pyridine rings is 1. The molecule has 5 nitrogen and oxygen atoms in total. The minimum atomic E-state index is -1.13. The van der Waals surface area contributed by atoms with Crippen LogP contribution in [0.1, 0.15) is 26.0 Å². The highest BCUT2D eigenvalue weighted by atomic mass is 16.5. The molecule has 0 amide bonds. The second-order valence-corrected chi connectivity index (χ2v) is 4.18. The van der Waals surface area contributed by atoms with E-state index in [0.29, 0.717) is 11.6 Å². The van der Waals surface area contributed by atoms with Crippen LogP contribution in [-0.2, 0) is 15.0 Å².